The van der Waals surface area contributed by atoms with Gasteiger partial charge in [-0.15, -0.1) is 15.3 Å². The number of hydrogen-bond donors (Lipinski definition) is 1. The van der Waals surface area contributed by atoms with Crippen molar-refractivity contribution in [2.75, 3.05) is 37.6 Å². The highest BCUT2D eigenvalue weighted by atomic mass is 16.5. The monoisotopic (exact) mass is 331 g/mol. The fourth-order valence-corrected chi connectivity index (χ4v) is 3.31. The zero-order valence-corrected chi connectivity index (χ0v) is 13.4. The highest BCUT2D eigenvalue weighted by Gasteiger charge is 2.34. The summed E-state index contributed by atoms with van der Waals surface area (Å²) in [4.78, 5) is 16.6. The summed E-state index contributed by atoms with van der Waals surface area (Å²) in [5.41, 5.74) is 6.34. The second-order valence-electron chi connectivity index (χ2n) is 6.20. The van der Waals surface area contributed by atoms with Crippen LogP contribution in [0.25, 0.3) is 5.65 Å². The van der Waals surface area contributed by atoms with E-state index in [0.29, 0.717) is 19.6 Å². The minimum absolute atomic E-state index is 0.0277. The van der Waals surface area contributed by atoms with Gasteiger partial charge in [-0.05, 0) is 25.0 Å². The van der Waals surface area contributed by atoms with E-state index in [1.54, 1.807) is 10.8 Å². The minimum Gasteiger partial charge on any atom is -0.364 e. The zero-order chi connectivity index (χ0) is 16.5. The summed E-state index contributed by atoms with van der Waals surface area (Å²) >= 11 is 0. The maximum Gasteiger partial charge on any atom is 0.251 e. The van der Waals surface area contributed by atoms with Crippen LogP contribution in [0.4, 0.5) is 5.82 Å². The second-order valence-corrected chi connectivity index (χ2v) is 6.20. The van der Waals surface area contributed by atoms with E-state index in [-0.39, 0.29) is 18.1 Å². The maximum atomic E-state index is 12.6. The molecule has 2 fully saturated rings. The Balaban J connectivity index is 1.37. The molecule has 0 unspecified atom stereocenters. The zero-order valence-electron chi connectivity index (χ0n) is 13.4. The lowest BCUT2D eigenvalue weighted by Gasteiger charge is -2.36. The first-order valence-electron chi connectivity index (χ1n) is 8.31. The molecule has 0 aliphatic carbocycles. The Labute approximate surface area is 139 Å². The molecule has 2 aliphatic rings. The number of nitrogens with two attached hydrogens (primary N) is 1. The van der Waals surface area contributed by atoms with Crippen molar-refractivity contribution in [1.82, 2.24) is 24.7 Å². The van der Waals surface area contributed by atoms with Gasteiger partial charge in [0.05, 0.1) is 6.10 Å². The molecule has 2 aromatic rings. The molecule has 2 aliphatic heterocycles. The van der Waals surface area contributed by atoms with Crippen molar-refractivity contribution in [2.24, 2.45) is 5.73 Å². The molecule has 2 aromatic heterocycles. The molecule has 4 rings (SSSR count). The standard InChI is InChI=1S/C15H21N7O2/c16-9-11-1-2-12(24-11)15(23)21-7-5-20(6-8-21)14-4-3-13-18-17-10-22(13)19-14/h3-4,10-12H,1-2,5-9,16H2/t11-,12+/m1/s1. The molecule has 0 spiro atoms. The molecule has 9 nitrogen and oxygen atoms in total. The molecule has 0 saturated carbocycles. The van der Waals surface area contributed by atoms with Gasteiger partial charge < -0.3 is 20.3 Å². The van der Waals surface area contributed by atoms with Crippen molar-refractivity contribution in [3.05, 3.63) is 18.5 Å². The molecule has 0 bridgehead atoms. The van der Waals surface area contributed by atoms with Crippen LogP contribution in [0.3, 0.4) is 0 Å². The largest absolute Gasteiger partial charge is 0.364 e. The molecule has 2 N–H and O–H groups in total. The number of carbonyl (C=O) groups is 1. The Kier molecular flexibility index (Phi) is 4.03. The number of ether oxygens (including phenoxy) is 1. The fourth-order valence-electron chi connectivity index (χ4n) is 3.31. The lowest BCUT2D eigenvalue weighted by atomic mass is 10.1. The van der Waals surface area contributed by atoms with Crippen LogP contribution in [0.2, 0.25) is 0 Å². The van der Waals surface area contributed by atoms with E-state index in [9.17, 15) is 4.79 Å². The molecule has 0 aromatic carbocycles. The van der Waals surface area contributed by atoms with Crippen molar-refractivity contribution in [3.8, 4) is 0 Å². The molecule has 1 amide bonds. The molecular weight excluding hydrogens is 310 g/mol. The lowest BCUT2D eigenvalue weighted by molar-refractivity contribution is -0.143. The van der Waals surface area contributed by atoms with Gasteiger partial charge in [0, 0.05) is 32.7 Å². The number of anilines is 1. The molecule has 4 heterocycles. The smallest absolute Gasteiger partial charge is 0.251 e. The highest BCUT2D eigenvalue weighted by Crippen LogP contribution is 2.22. The molecule has 128 valence electrons. The first-order valence-corrected chi connectivity index (χ1v) is 8.31. The summed E-state index contributed by atoms with van der Waals surface area (Å²) in [5.74, 6) is 0.961. The summed E-state index contributed by atoms with van der Waals surface area (Å²) in [6.45, 7) is 3.33. The summed E-state index contributed by atoms with van der Waals surface area (Å²) < 4.78 is 7.38. The average Bonchev–Trinajstić information content (AvgIpc) is 3.29. The number of nitrogens with zero attached hydrogens (tertiary/aromatic N) is 6. The van der Waals surface area contributed by atoms with E-state index in [1.165, 1.54) is 0 Å². The van der Waals surface area contributed by atoms with Gasteiger partial charge >= 0.3 is 0 Å². The average molecular weight is 331 g/mol. The van der Waals surface area contributed by atoms with Crippen molar-refractivity contribution >= 4 is 17.4 Å². The molecule has 24 heavy (non-hydrogen) atoms. The van der Waals surface area contributed by atoms with E-state index in [4.69, 9.17) is 10.5 Å². The van der Waals surface area contributed by atoms with Gasteiger partial charge in [-0.3, -0.25) is 4.79 Å². The van der Waals surface area contributed by atoms with Crippen molar-refractivity contribution in [1.29, 1.82) is 0 Å². The number of amides is 1. The Morgan fingerprint density at radius 3 is 2.83 bits per heavy atom. The van der Waals surface area contributed by atoms with Crippen LogP contribution in [0, 0.1) is 0 Å². The van der Waals surface area contributed by atoms with Crippen LogP contribution in [-0.4, -0.2) is 75.6 Å². The third kappa shape index (κ3) is 2.80. The first-order chi connectivity index (χ1) is 11.7. The first kappa shape index (κ1) is 15.3. The van der Waals surface area contributed by atoms with Gasteiger partial charge in [0.1, 0.15) is 18.2 Å². The Bertz CT molecular complexity index is 725. The quantitative estimate of drug-likeness (QED) is 0.792. The van der Waals surface area contributed by atoms with E-state index in [1.807, 2.05) is 17.0 Å². The van der Waals surface area contributed by atoms with Gasteiger partial charge in [0.25, 0.3) is 5.91 Å². The Hall–Kier alpha value is -2.26. The number of hydrogen-bond acceptors (Lipinski definition) is 7. The highest BCUT2D eigenvalue weighted by molar-refractivity contribution is 5.81. The summed E-state index contributed by atoms with van der Waals surface area (Å²) in [6.07, 6.45) is 2.93. The van der Waals surface area contributed by atoms with Crippen molar-refractivity contribution in [3.63, 3.8) is 0 Å². The third-order valence-corrected chi connectivity index (χ3v) is 4.71. The van der Waals surface area contributed by atoms with Gasteiger partial charge in [-0.2, -0.15) is 4.52 Å². The van der Waals surface area contributed by atoms with Crippen LogP contribution in [-0.2, 0) is 9.53 Å². The Morgan fingerprint density at radius 2 is 2.08 bits per heavy atom. The van der Waals surface area contributed by atoms with Crippen LogP contribution < -0.4 is 10.6 Å². The van der Waals surface area contributed by atoms with Crippen molar-refractivity contribution in [2.45, 2.75) is 25.0 Å². The summed E-state index contributed by atoms with van der Waals surface area (Å²) in [6, 6.07) is 3.83. The van der Waals surface area contributed by atoms with Crippen LogP contribution >= 0.6 is 0 Å². The van der Waals surface area contributed by atoms with Crippen LogP contribution in [0.1, 0.15) is 12.8 Å². The number of piperazine rings is 1. The normalized spacial score (nSPS) is 24.7. The van der Waals surface area contributed by atoms with Crippen LogP contribution in [0.15, 0.2) is 18.5 Å². The summed E-state index contributed by atoms with van der Waals surface area (Å²) in [7, 11) is 0. The number of aromatic nitrogens is 4. The Morgan fingerprint density at radius 1 is 1.25 bits per heavy atom. The summed E-state index contributed by atoms with van der Waals surface area (Å²) in [5, 5.41) is 12.3. The molecule has 9 heteroatoms. The molecular formula is C15H21N7O2. The van der Waals surface area contributed by atoms with E-state index in [0.717, 1.165) is 37.4 Å². The number of carbonyl (C=O) groups excluding carboxylic acids is 1. The predicted molar refractivity (Wildman–Crippen MR) is 86.5 cm³/mol. The van der Waals surface area contributed by atoms with Gasteiger partial charge in [0.15, 0.2) is 5.65 Å². The van der Waals surface area contributed by atoms with Crippen LogP contribution in [0.5, 0.6) is 0 Å². The predicted octanol–water partition coefficient (Wildman–Crippen LogP) is -0.721. The maximum absolute atomic E-state index is 12.6. The SMILES string of the molecule is NC[C@H]1CC[C@@H](C(=O)N2CCN(c3ccc4nncn4n3)CC2)O1. The fraction of sp³-hybridized carbons (Fsp3) is 0.600. The van der Waals surface area contributed by atoms with Gasteiger partial charge in [-0.1, -0.05) is 0 Å². The van der Waals surface area contributed by atoms with Gasteiger partial charge in [-0.25, -0.2) is 0 Å². The topological polar surface area (TPSA) is 102 Å². The molecule has 2 atom stereocenters. The van der Waals surface area contributed by atoms with Crippen molar-refractivity contribution < 1.29 is 9.53 Å². The molecule has 0 radical (unpaired) electrons. The lowest BCUT2D eigenvalue weighted by Crippen LogP contribution is -2.51. The number of fused-ring (bicyclic) bond motifs is 1. The number of rotatable bonds is 3. The van der Waals surface area contributed by atoms with E-state index >= 15 is 0 Å². The molecule has 2 saturated heterocycles. The van der Waals surface area contributed by atoms with Gasteiger partial charge in [0.2, 0.25) is 0 Å². The third-order valence-electron chi connectivity index (χ3n) is 4.71. The van der Waals surface area contributed by atoms with E-state index < -0.39 is 0 Å². The minimum atomic E-state index is -0.323. The second kappa shape index (κ2) is 6.33. The van der Waals surface area contributed by atoms with E-state index in [2.05, 4.69) is 20.2 Å².